The highest BCUT2D eigenvalue weighted by Crippen LogP contribution is 2.28. The van der Waals surface area contributed by atoms with Crippen LogP contribution >= 0.6 is 23.5 Å². The minimum Gasteiger partial charge on any atom is -0.481 e. The van der Waals surface area contributed by atoms with Crippen molar-refractivity contribution in [2.24, 2.45) is 5.92 Å². The highest BCUT2D eigenvalue weighted by Gasteiger charge is 2.22. The molecule has 19 heavy (non-hydrogen) atoms. The molecule has 1 aliphatic heterocycles. The van der Waals surface area contributed by atoms with Gasteiger partial charge in [0.25, 0.3) is 0 Å². The summed E-state index contributed by atoms with van der Waals surface area (Å²) in [6, 6.07) is 0. The van der Waals surface area contributed by atoms with Crippen LogP contribution < -0.4 is 0 Å². The van der Waals surface area contributed by atoms with Crippen LogP contribution in [-0.4, -0.2) is 43.1 Å². The van der Waals surface area contributed by atoms with Gasteiger partial charge >= 0.3 is 5.97 Å². The van der Waals surface area contributed by atoms with E-state index in [2.05, 4.69) is 28.6 Å². The number of hydrogen-bond donors (Lipinski definition) is 1. The molecule has 1 fully saturated rings. The molecule has 2 heterocycles. The summed E-state index contributed by atoms with van der Waals surface area (Å²) in [5.74, 6) is 3.55. The Balaban J connectivity index is 2.14. The second kappa shape index (κ2) is 6.65. The number of rotatable bonds is 6. The monoisotopic (exact) mass is 301 g/mol. The zero-order valence-electron chi connectivity index (χ0n) is 11.2. The van der Waals surface area contributed by atoms with Crippen LogP contribution in [0.15, 0.2) is 5.16 Å². The van der Waals surface area contributed by atoms with E-state index in [9.17, 15) is 4.79 Å². The molecule has 0 aromatic carbocycles. The van der Waals surface area contributed by atoms with E-state index in [1.54, 1.807) is 0 Å². The van der Waals surface area contributed by atoms with Gasteiger partial charge in [0, 0.05) is 12.5 Å². The molecule has 1 aliphatic rings. The van der Waals surface area contributed by atoms with Crippen LogP contribution in [0.25, 0.3) is 0 Å². The fourth-order valence-corrected chi connectivity index (χ4v) is 4.06. The van der Waals surface area contributed by atoms with Crippen LogP contribution in [0.2, 0.25) is 0 Å². The maximum Gasteiger partial charge on any atom is 0.313 e. The first-order valence-corrected chi connectivity index (χ1v) is 8.57. The molecule has 0 amide bonds. The second-order valence-corrected chi connectivity index (χ2v) is 7.11. The van der Waals surface area contributed by atoms with Crippen molar-refractivity contribution < 1.29 is 9.90 Å². The normalized spacial score (nSPS) is 19.2. The summed E-state index contributed by atoms with van der Waals surface area (Å²) < 4.78 is 2.12. The van der Waals surface area contributed by atoms with Gasteiger partial charge in [-0.05, 0) is 23.8 Å². The van der Waals surface area contributed by atoms with E-state index in [0.29, 0.717) is 11.8 Å². The highest BCUT2D eigenvalue weighted by molar-refractivity contribution is 7.99. The minimum atomic E-state index is -0.818. The number of hydrogen-bond acceptors (Lipinski definition) is 5. The first kappa shape index (κ1) is 14.7. The SMILES string of the molecule is CC(C)c1nnc(SCC(=O)O)n1CC1CCSC1. The maximum absolute atomic E-state index is 10.7. The Labute approximate surface area is 121 Å². The number of carboxylic acid groups (broad SMARTS) is 1. The van der Waals surface area contributed by atoms with Crippen LogP contribution in [0.3, 0.4) is 0 Å². The molecule has 0 saturated carbocycles. The summed E-state index contributed by atoms with van der Waals surface area (Å²) in [6.07, 6.45) is 1.23. The Hall–Kier alpha value is -0.690. The summed E-state index contributed by atoms with van der Waals surface area (Å²) in [5, 5.41) is 17.9. The molecule has 7 heteroatoms. The van der Waals surface area contributed by atoms with E-state index < -0.39 is 5.97 Å². The van der Waals surface area contributed by atoms with Gasteiger partial charge in [-0.3, -0.25) is 4.79 Å². The van der Waals surface area contributed by atoms with Crippen molar-refractivity contribution >= 4 is 29.5 Å². The van der Waals surface area contributed by atoms with E-state index in [-0.39, 0.29) is 5.75 Å². The fourth-order valence-electron chi connectivity index (χ4n) is 2.12. The predicted octanol–water partition coefficient (Wildman–Crippen LogP) is 2.33. The molecule has 1 unspecified atom stereocenters. The first-order valence-electron chi connectivity index (χ1n) is 6.43. The van der Waals surface area contributed by atoms with Gasteiger partial charge in [-0.25, -0.2) is 0 Å². The van der Waals surface area contributed by atoms with Gasteiger partial charge in [0.05, 0.1) is 5.75 Å². The van der Waals surface area contributed by atoms with Crippen LogP contribution in [0, 0.1) is 5.92 Å². The first-order chi connectivity index (χ1) is 9.08. The summed E-state index contributed by atoms with van der Waals surface area (Å²) >= 11 is 3.25. The third-order valence-corrected chi connectivity index (χ3v) is 5.23. The molecular formula is C12H19N3O2S2. The quantitative estimate of drug-likeness (QED) is 0.813. The third kappa shape index (κ3) is 3.89. The van der Waals surface area contributed by atoms with Crippen molar-refractivity contribution in [3.05, 3.63) is 5.82 Å². The molecule has 0 aliphatic carbocycles. The molecule has 0 bridgehead atoms. The van der Waals surface area contributed by atoms with Crippen LogP contribution in [-0.2, 0) is 11.3 Å². The molecule has 1 aromatic heterocycles. The lowest BCUT2D eigenvalue weighted by Gasteiger charge is -2.15. The van der Waals surface area contributed by atoms with E-state index in [4.69, 9.17) is 5.11 Å². The summed E-state index contributed by atoms with van der Waals surface area (Å²) in [6.45, 7) is 5.10. The number of thioether (sulfide) groups is 2. The van der Waals surface area contributed by atoms with Gasteiger partial charge in [0.15, 0.2) is 5.16 Å². The molecule has 1 atom stereocenters. The lowest BCUT2D eigenvalue weighted by Crippen LogP contribution is -2.15. The smallest absolute Gasteiger partial charge is 0.313 e. The Morgan fingerprint density at radius 2 is 2.37 bits per heavy atom. The average molecular weight is 301 g/mol. The highest BCUT2D eigenvalue weighted by atomic mass is 32.2. The van der Waals surface area contributed by atoms with E-state index in [0.717, 1.165) is 17.5 Å². The molecular weight excluding hydrogens is 282 g/mol. The summed E-state index contributed by atoms with van der Waals surface area (Å²) in [4.78, 5) is 10.7. The molecule has 5 nitrogen and oxygen atoms in total. The van der Waals surface area contributed by atoms with Crippen molar-refractivity contribution in [1.29, 1.82) is 0 Å². The Morgan fingerprint density at radius 3 is 2.95 bits per heavy atom. The number of aliphatic carboxylic acids is 1. The maximum atomic E-state index is 10.7. The summed E-state index contributed by atoms with van der Waals surface area (Å²) in [5.41, 5.74) is 0. The second-order valence-electron chi connectivity index (χ2n) is 5.02. The van der Waals surface area contributed by atoms with Crippen LogP contribution in [0.4, 0.5) is 0 Å². The Morgan fingerprint density at radius 1 is 1.58 bits per heavy atom. The largest absolute Gasteiger partial charge is 0.481 e. The lowest BCUT2D eigenvalue weighted by molar-refractivity contribution is -0.133. The van der Waals surface area contributed by atoms with Gasteiger partial charge in [-0.15, -0.1) is 10.2 Å². The van der Waals surface area contributed by atoms with Crippen molar-refractivity contribution in [2.45, 2.75) is 37.9 Å². The van der Waals surface area contributed by atoms with Gasteiger partial charge in [0.2, 0.25) is 0 Å². The van der Waals surface area contributed by atoms with Gasteiger partial charge in [-0.1, -0.05) is 25.6 Å². The fraction of sp³-hybridized carbons (Fsp3) is 0.750. The molecule has 1 N–H and O–H groups in total. The Bertz CT molecular complexity index is 442. The Kier molecular flexibility index (Phi) is 5.15. The standard InChI is InChI=1S/C12H19N3O2S2/c1-8(2)11-13-14-12(19-7-10(16)17)15(11)5-9-3-4-18-6-9/h8-9H,3-7H2,1-2H3,(H,16,17). The average Bonchev–Trinajstić information content (AvgIpc) is 2.96. The molecule has 106 valence electrons. The minimum absolute atomic E-state index is 0.0373. The lowest BCUT2D eigenvalue weighted by atomic mass is 10.1. The molecule has 2 rings (SSSR count). The van der Waals surface area contributed by atoms with E-state index in [1.807, 2.05) is 11.8 Å². The van der Waals surface area contributed by atoms with Crippen molar-refractivity contribution in [3.8, 4) is 0 Å². The number of aromatic nitrogens is 3. The number of carboxylic acids is 1. The molecule has 0 radical (unpaired) electrons. The van der Waals surface area contributed by atoms with Gasteiger partial charge in [0.1, 0.15) is 5.82 Å². The van der Waals surface area contributed by atoms with Crippen LogP contribution in [0.5, 0.6) is 0 Å². The van der Waals surface area contributed by atoms with E-state index in [1.165, 1.54) is 29.7 Å². The van der Waals surface area contributed by atoms with Crippen molar-refractivity contribution in [2.75, 3.05) is 17.3 Å². The van der Waals surface area contributed by atoms with E-state index >= 15 is 0 Å². The molecule has 1 aromatic rings. The van der Waals surface area contributed by atoms with Crippen molar-refractivity contribution in [3.63, 3.8) is 0 Å². The topological polar surface area (TPSA) is 68.0 Å². The number of nitrogens with zero attached hydrogens (tertiary/aromatic N) is 3. The van der Waals surface area contributed by atoms with Crippen molar-refractivity contribution in [1.82, 2.24) is 14.8 Å². The molecule has 1 saturated heterocycles. The zero-order chi connectivity index (χ0) is 13.8. The summed E-state index contributed by atoms with van der Waals surface area (Å²) in [7, 11) is 0. The van der Waals surface area contributed by atoms with Crippen LogP contribution in [0.1, 0.15) is 32.0 Å². The third-order valence-electron chi connectivity index (χ3n) is 3.05. The zero-order valence-corrected chi connectivity index (χ0v) is 12.8. The van der Waals surface area contributed by atoms with Gasteiger partial charge in [-0.2, -0.15) is 11.8 Å². The molecule has 0 spiro atoms. The van der Waals surface area contributed by atoms with Gasteiger partial charge < -0.3 is 9.67 Å². The predicted molar refractivity (Wildman–Crippen MR) is 77.9 cm³/mol. The number of carbonyl (C=O) groups is 1.